The summed E-state index contributed by atoms with van der Waals surface area (Å²) in [5.41, 5.74) is 0.0828. The number of alkyl halides is 5. The zero-order valence-corrected chi connectivity index (χ0v) is 22.2. The van der Waals surface area contributed by atoms with Gasteiger partial charge < -0.3 is 4.90 Å². The molecule has 0 bridgehead atoms. The van der Waals surface area contributed by atoms with Crippen molar-refractivity contribution in [3.05, 3.63) is 59.1 Å². The largest absolute Gasteiger partial charge is 0.459 e. The number of hydrogen-bond acceptors (Lipinski definition) is 5. The third kappa shape index (κ3) is 5.47. The number of rotatable bonds is 6. The van der Waals surface area contributed by atoms with Gasteiger partial charge in [-0.15, -0.1) is 0 Å². The van der Waals surface area contributed by atoms with Crippen LogP contribution in [0.1, 0.15) is 24.4 Å². The highest BCUT2D eigenvalue weighted by Crippen LogP contribution is 2.46. The smallest absolute Gasteiger partial charge is 0.370 e. The van der Waals surface area contributed by atoms with Crippen molar-refractivity contribution in [2.75, 3.05) is 50.2 Å². The molecule has 0 N–H and O–H groups in total. The van der Waals surface area contributed by atoms with Crippen LogP contribution in [0.15, 0.2) is 53.6 Å². The summed E-state index contributed by atoms with van der Waals surface area (Å²) < 4.78 is 95.9. The molecule has 4 rings (SSSR count). The highest BCUT2D eigenvalue weighted by Gasteiger charge is 2.63. The Labute approximate surface area is 223 Å². The lowest BCUT2D eigenvalue weighted by Crippen LogP contribution is -2.43. The van der Waals surface area contributed by atoms with Crippen LogP contribution >= 0.6 is 11.6 Å². The van der Waals surface area contributed by atoms with E-state index in [2.05, 4.69) is 5.10 Å². The topological polar surface area (TPSA) is 59.5 Å². The monoisotopic (exact) mass is 579 g/mol. The summed E-state index contributed by atoms with van der Waals surface area (Å²) in [6, 6.07) is 12.1. The standard InChI is InChI=1S/C24H27ClF5N5O2S/c1-32(2)38(36,37)34-12-6-11-33(13-14-34)18-8-5-7-17(15-18)21-16-22(23(26,27)24(28,29)30)31-35(21)20-10-4-3-9-19(20)25/h3-5,7-10,15,21H,6,11-14,16H2,1-2H3. The number of halogens is 6. The molecule has 2 heterocycles. The fraction of sp³-hybridized carbons (Fsp3) is 0.458. The molecule has 0 spiro atoms. The van der Waals surface area contributed by atoms with Crippen LogP contribution in [0.5, 0.6) is 0 Å². The van der Waals surface area contributed by atoms with Gasteiger partial charge in [-0.25, -0.2) is 0 Å². The Kier molecular flexibility index (Phi) is 7.95. The molecule has 2 aromatic carbocycles. The molecule has 7 nitrogen and oxygen atoms in total. The van der Waals surface area contributed by atoms with Crippen LogP contribution in [0, 0.1) is 0 Å². The highest BCUT2D eigenvalue weighted by molar-refractivity contribution is 7.86. The van der Waals surface area contributed by atoms with Crippen LogP contribution in [0.25, 0.3) is 0 Å². The van der Waals surface area contributed by atoms with Crippen molar-refractivity contribution >= 4 is 38.9 Å². The maximum Gasteiger partial charge on any atom is 0.459 e. The van der Waals surface area contributed by atoms with E-state index < -0.39 is 40.5 Å². The number of anilines is 2. The van der Waals surface area contributed by atoms with Crippen molar-refractivity contribution < 1.29 is 30.4 Å². The minimum absolute atomic E-state index is 0.156. The number of para-hydroxylation sites is 1. The van der Waals surface area contributed by atoms with E-state index in [-0.39, 0.29) is 17.3 Å². The predicted octanol–water partition coefficient (Wildman–Crippen LogP) is 5.16. The normalized spacial score (nSPS) is 20.1. The Balaban J connectivity index is 1.65. The second-order valence-corrected chi connectivity index (χ2v) is 11.8. The molecule has 2 aliphatic heterocycles. The summed E-state index contributed by atoms with van der Waals surface area (Å²) in [4.78, 5) is 1.97. The van der Waals surface area contributed by atoms with Crippen molar-refractivity contribution in [1.29, 1.82) is 0 Å². The van der Waals surface area contributed by atoms with Crippen LogP contribution < -0.4 is 9.91 Å². The Morgan fingerprint density at radius 2 is 1.68 bits per heavy atom. The minimum atomic E-state index is -5.79. The van der Waals surface area contributed by atoms with Crippen LogP contribution in [-0.4, -0.2) is 75.1 Å². The van der Waals surface area contributed by atoms with Gasteiger partial charge in [0.2, 0.25) is 0 Å². The highest BCUT2D eigenvalue weighted by atomic mass is 35.5. The SMILES string of the molecule is CN(C)S(=O)(=O)N1CCCN(c2cccc(C3CC(C(F)(F)C(F)(F)F)=NN3c3ccccc3Cl)c2)CC1. The van der Waals surface area contributed by atoms with Gasteiger partial charge in [0.05, 0.1) is 16.8 Å². The number of benzene rings is 2. The number of hydrogen-bond donors (Lipinski definition) is 0. The maximum atomic E-state index is 14.3. The molecule has 0 radical (unpaired) electrons. The fourth-order valence-corrected chi connectivity index (χ4v) is 5.88. The molecule has 208 valence electrons. The lowest BCUT2D eigenvalue weighted by atomic mass is 9.98. The maximum absolute atomic E-state index is 14.3. The van der Waals surface area contributed by atoms with E-state index in [9.17, 15) is 30.4 Å². The molecule has 2 aromatic rings. The summed E-state index contributed by atoms with van der Waals surface area (Å²) in [5, 5.41) is 5.00. The van der Waals surface area contributed by atoms with Gasteiger partial charge in [-0.05, 0) is 36.2 Å². The number of nitrogens with zero attached hydrogens (tertiary/aromatic N) is 5. The first-order valence-electron chi connectivity index (χ1n) is 11.8. The predicted molar refractivity (Wildman–Crippen MR) is 137 cm³/mol. The first-order chi connectivity index (χ1) is 17.7. The Morgan fingerprint density at radius 3 is 2.34 bits per heavy atom. The van der Waals surface area contributed by atoms with Crippen molar-refractivity contribution in [2.45, 2.75) is 31.0 Å². The van der Waals surface area contributed by atoms with Gasteiger partial charge in [-0.3, -0.25) is 5.01 Å². The van der Waals surface area contributed by atoms with Crippen molar-refractivity contribution in [2.24, 2.45) is 5.10 Å². The summed E-state index contributed by atoms with van der Waals surface area (Å²) in [7, 11) is -0.652. The molecule has 1 saturated heterocycles. The molecule has 14 heteroatoms. The third-order valence-corrected chi connectivity index (χ3v) is 8.85. The lowest BCUT2D eigenvalue weighted by Gasteiger charge is -2.28. The average Bonchev–Trinajstić information content (AvgIpc) is 3.14. The van der Waals surface area contributed by atoms with Crippen molar-refractivity contribution in [1.82, 2.24) is 8.61 Å². The van der Waals surface area contributed by atoms with E-state index in [0.29, 0.717) is 37.3 Å². The van der Waals surface area contributed by atoms with Crippen LogP contribution in [-0.2, 0) is 10.2 Å². The zero-order chi connectivity index (χ0) is 27.9. The van der Waals surface area contributed by atoms with Gasteiger partial charge >= 0.3 is 12.1 Å². The molecule has 0 aromatic heterocycles. The van der Waals surface area contributed by atoms with Gasteiger partial charge in [-0.2, -0.15) is 44.1 Å². The molecule has 38 heavy (non-hydrogen) atoms. The first-order valence-corrected chi connectivity index (χ1v) is 13.6. The molecule has 0 aliphatic carbocycles. The minimum Gasteiger partial charge on any atom is -0.370 e. The Bertz CT molecular complexity index is 1310. The van der Waals surface area contributed by atoms with E-state index in [1.807, 2.05) is 4.90 Å². The zero-order valence-electron chi connectivity index (χ0n) is 20.7. The molecule has 2 aliphatic rings. The van der Waals surface area contributed by atoms with Crippen LogP contribution in [0.3, 0.4) is 0 Å². The Morgan fingerprint density at radius 1 is 0.974 bits per heavy atom. The lowest BCUT2D eigenvalue weighted by molar-refractivity contribution is -0.249. The van der Waals surface area contributed by atoms with Gasteiger partial charge in [0, 0.05) is 52.4 Å². The van der Waals surface area contributed by atoms with E-state index in [4.69, 9.17) is 11.6 Å². The van der Waals surface area contributed by atoms with Crippen LogP contribution in [0.4, 0.5) is 33.3 Å². The van der Waals surface area contributed by atoms with E-state index in [0.717, 1.165) is 9.31 Å². The third-order valence-electron chi connectivity index (χ3n) is 6.59. The second kappa shape index (κ2) is 10.6. The quantitative estimate of drug-likeness (QED) is 0.444. The fourth-order valence-electron chi connectivity index (χ4n) is 4.53. The van der Waals surface area contributed by atoms with Gasteiger partial charge in [0.25, 0.3) is 10.2 Å². The average molecular weight is 580 g/mol. The first kappa shape index (κ1) is 28.5. The number of hydrazone groups is 1. The van der Waals surface area contributed by atoms with Crippen molar-refractivity contribution in [3.63, 3.8) is 0 Å². The van der Waals surface area contributed by atoms with Crippen molar-refractivity contribution in [3.8, 4) is 0 Å². The molecule has 0 saturated carbocycles. The molecule has 1 fully saturated rings. The summed E-state index contributed by atoms with van der Waals surface area (Å²) in [5.74, 6) is -5.11. The molecule has 0 amide bonds. The second-order valence-electron chi connectivity index (χ2n) is 9.26. The Hall–Kier alpha value is -2.48. The van der Waals surface area contributed by atoms with E-state index in [1.54, 1.807) is 36.4 Å². The van der Waals surface area contributed by atoms with Gasteiger partial charge in [0.15, 0.2) is 0 Å². The summed E-state index contributed by atoms with van der Waals surface area (Å²) in [6.45, 7) is 1.49. The molecular weight excluding hydrogens is 553 g/mol. The molecule has 1 atom stereocenters. The summed E-state index contributed by atoms with van der Waals surface area (Å²) in [6.07, 6.45) is -5.90. The summed E-state index contributed by atoms with van der Waals surface area (Å²) >= 11 is 6.27. The molecular formula is C24H27ClF5N5O2S. The van der Waals surface area contributed by atoms with E-state index >= 15 is 0 Å². The van der Waals surface area contributed by atoms with Crippen LogP contribution in [0.2, 0.25) is 5.02 Å². The molecule has 1 unspecified atom stereocenters. The van der Waals surface area contributed by atoms with Gasteiger partial charge in [-0.1, -0.05) is 35.9 Å². The van der Waals surface area contributed by atoms with Gasteiger partial charge in [0.1, 0.15) is 5.71 Å². The van der Waals surface area contributed by atoms with E-state index in [1.165, 1.54) is 30.5 Å².